The normalized spacial score (nSPS) is 10.1. The molecule has 0 fully saturated rings. The molecule has 0 saturated heterocycles. The van der Waals surface area contributed by atoms with Crippen LogP contribution in [0.1, 0.15) is 23.7 Å². The quantitative estimate of drug-likeness (QED) is 0.344. The van der Waals surface area contributed by atoms with E-state index in [-0.39, 0.29) is 18.0 Å². The van der Waals surface area contributed by atoms with Crippen molar-refractivity contribution in [2.24, 2.45) is 0 Å². The molecule has 0 spiro atoms. The zero-order valence-electron chi connectivity index (χ0n) is 9.10. The van der Waals surface area contributed by atoms with E-state index in [0.717, 1.165) is 13.0 Å². The molecule has 5 nitrogen and oxygen atoms in total. The first-order valence-electron chi connectivity index (χ1n) is 5.13. The predicted octanol–water partition coefficient (Wildman–Crippen LogP) is 1.78. The molecule has 0 aromatic heterocycles. The van der Waals surface area contributed by atoms with E-state index in [1.165, 1.54) is 18.2 Å². The summed E-state index contributed by atoms with van der Waals surface area (Å²) in [5.41, 5.74) is 0.319. The fourth-order valence-electron chi connectivity index (χ4n) is 1.27. The number of nitro groups is 1. The molecule has 0 bridgehead atoms. The average Bonchev–Trinajstić information content (AvgIpc) is 2.29. The third kappa shape index (κ3) is 3.43. The number of carbonyl (C=O) groups excluding carboxylic acids is 1. The number of nitrogens with zero attached hydrogens (tertiary/aromatic N) is 1. The molecular formula is C11H14N2O3. The molecule has 0 unspecified atom stereocenters. The van der Waals surface area contributed by atoms with Gasteiger partial charge in [-0.3, -0.25) is 14.9 Å². The lowest BCUT2D eigenvalue weighted by Crippen LogP contribution is -2.23. The van der Waals surface area contributed by atoms with E-state index in [4.69, 9.17) is 0 Å². The molecular weight excluding hydrogens is 208 g/mol. The van der Waals surface area contributed by atoms with Crippen molar-refractivity contribution < 1.29 is 9.72 Å². The van der Waals surface area contributed by atoms with E-state index < -0.39 is 4.92 Å². The number of rotatable bonds is 6. The van der Waals surface area contributed by atoms with Crippen molar-refractivity contribution in [1.29, 1.82) is 0 Å². The van der Waals surface area contributed by atoms with Gasteiger partial charge in [-0.1, -0.05) is 19.1 Å². The second-order valence-corrected chi connectivity index (χ2v) is 3.41. The van der Waals surface area contributed by atoms with Gasteiger partial charge in [-0.25, -0.2) is 0 Å². The van der Waals surface area contributed by atoms with E-state index in [9.17, 15) is 14.9 Å². The Labute approximate surface area is 93.6 Å². The molecule has 1 aromatic rings. The van der Waals surface area contributed by atoms with Gasteiger partial charge in [-0.2, -0.15) is 0 Å². The number of nitro benzene ring substituents is 1. The maximum absolute atomic E-state index is 11.6. The molecule has 5 heteroatoms. The van der Waals surface area contributed by atoms with E-state index in [0.29, 0.717) is 5.56 Å². The van der Waals surface area contributed by atoms with Crippen molar-refractivity contribution in [2.45, 2.75) is 13.3 Å². The number of nitrogens with one attached hydrogen (secondary N) is 1. The fourth-order valence-corrected chi connectivity index (χ4v) is 1.27. The third-order valence-corrected chi connectivity index (χ3v) is 2.09. The molecule has 0 radical (unpaired) electrons. The lowest BCUT2D eigenvalue weighted by Gasteiger charge is -2.02. The standard InChI is InChI=1S/C11H14N2O3/c1-2-6-12-8-11(14)9-4-3-5-10(7-9)13(15)16/h3-5,7,12H,2,6,8H2,1H3. The van der Waals surface area contributed by atoms with Gasteiger partial charge in [0.1, 0.15) is 0 Å². The van der Waals surface area contributed by atoms with Crippen molar-refractivity contribution >= 4 is 11.5 Å². The summed E-state index contributed by atoms with van der Waals surface area (Å²) in [5, 5.41) is 13.5. The maximum Gasteiger partial charge on any atom is 0.270 e. The van der Waals surface area contributed by atoms with Crippen LogP contribution in [0, 0.1) is 10.1 Å². The molecule has 1 aromatic carbocycles. The Bertz CT molecular complexity index is 391. The molecule has 0 saturated carbocycles. The molecule has 1 rings (SSSR count). The number of non-ortho nitro benzene ring substituents is 1. The van der Waals surface area contributed by atoms with Gasteiger partial charge in [-0.05, 0) is 13.0 Å². The minimum atomic E-state index is -0.504. The number of hydrogen-bond donors (Lipinski definition) is 1. The van der Waals surface area contributed by atoms with Crippen molar-refractivity contribution in [3.8, 4) is 0 Å². The SMILES string of the molecule is CCCNCC(=O)c1cccc([N+](=O)[O-])c1. The van der Waals surface area contributed by atoms with E-state index in [2.05, 4.69) is 5.32 Å². The van der Waals surface area contributed by atoms with E-state index in [1.807, 2.05) is 6.92 Å². The van der Waals surface area contributed by atoms with Crippen LogP contribution >= 0.6 is 0 Å². The molecule has 1 N–H and O–H groups in total. The first-order valence-corrected chi connectivity index (χ1v) is 5.13. The summed E-state index contributed by atoms with van der Waals surface area (Å²) >= 11 is 0. The van der Waals surface area contributed by atoms with Gasteiger partial charge in [0.05, 0.1) is 11.5 Å². The Morgan fingerprint density at radius 1 is 1.50 bits per heavy atom. The molecule has 0 heterocycles. The highest BCUT2D eigenvalue weighted by Gasteiger charge is 2.10. The number of ketones is 1. The van der Waals surface area contributed by atoms with Crippen LogP contribution in [0.4, 0.5) is 5.69 Å². The van der Waals surface area contributed by atoms with Gasteiger partial charge < -0.3 is 5.32 Å². The lowest BCUT2D eigenvalue weighted by atomic mass is 10.1. The Morgan fingerprint density at radius 2 is 2.25 bits per heavy atom. The fraction of sp³-hybridized carbons (Fsp3) is 0.364. The molecule has 0 aliphatic rings. The van der Waals surface area contributed by atoms with Crippen molar-refractivity contribution in [3.05, 3.63) is 39.9 Å². The highest BCUT2D eigenvalue weighted by Crippen LogP contribution is 2.13. The Morgan fingerprint density at radius 3 is 2.88 bits per heavy atom. The first kappa shape index (κ1) is 12.3. The van der Waals surface area contributed by atoms with Crippen molar-refractivity contribution in [1.82, 2.24) is 5.32 Å². The number of Topliss-reactive ketones (excluding diaryl/α,β-unsaturated/α-hetero) is 1. The zero-order valence-corrected chi connectivity index (χ0v) is 9.10. The summed E-state index contributed by atoms with van der Waals surface area (Å²) in [7, 11) is 0. The minimum absolute atomic E-state index is 0.0543. The second-order valence-electron chi connectivity index (χ2n) is 3.41. The summed E-state index contributed by atoms with van der Waals surface area (Å²) in [5.74, 6) is -0.128. The third-order valence-electron chi connectivity index (χ3n) is 2.09. The topological polar surface area (TPSA) is 72.2 Å². The summed E-state index contributed by atoms with van der Waals surface area (Å²) in [6, 6.07) is 5.78. The first-order chi connectivity index (χ1) is 7.65. The van der Waals surface area contributed by atoms with Crippen LogP contribution in [0.25, 0.3) is 0 Å². The van der Waals surface area contributed by atoms with Crippen LogP contribution in [-0.2, 0) is 0 Å². The van der Waals surface area contributed by atoms with Gasteiger partial charge in [0.15, 0.2) is 5.78 Å². The molecule has 0 amide bonds. The van der Waals surface area contributed by atoms with Gasteiger partial charge in [-0.15, -0.1) is 0 Å². The van der Waals surface area contributed by atoms with Gasteiger partial charge in [0, 0.05) is 17.7 Å². The predicted molar refractivity (Wildman–Crippen MR) is 60.6 cm³/mol. The minimum Gasteiger partial charge on any atom is -0.310 e. The summed E-state index contributed by atoms with van der Waals surface area (Å²) in [4.78, 5) is 21.6. The molecule has 0 atom stereocenters. The Kier molecular flexibility index (Phi) is 4.60. The summed E-state index contributed by atoms with van der Waals surface area (Å²) < 4.78 is 0. The van der Waals surface area contributed by atoms with Crippen molar-refractivity contribution in [3.63, 3.8) is 0 Å². The Hall–Kier alpha value is -1.75. The van der Waals surface area contributed by atoms with Crippen LogP contribution in [0.15, 0.2) is 24.3 Å². The smallest absolute Gasteiger partial charge is 0.270 e. The molecule has 0 aliphatic carbocycles. The number of benzene rings is 1. The lowest BCUT2D eigenvalue weighted by molar-refractivity contribution is -0.384. The van der Waals surface area contributed by atoms with E-state index in [1.54, 1.807) is 6.07 Å². The average molecular weight is 222 g/mol. The van der Waals surface area contributed by atoms with Crippen LogP contribution < -0.4 is 5.32 Å². The Balaban J connectivity index is 2.68. The number of hydrogen-bond acceptors (Lipinski definition) is 4. The van der Waals surface area contributed by atoms with Crippen LogP contribution in [0.5, 0.6) is 0 Å². The van der Waals surface area contributed by atoms with Crippen molar-refractivity contribution in [2.75, 3.05) is 13.1 Å². The molecule has 86 valence electrons. The second kappa shape index (κ2) is 5.97. The largest absolute Gasteiger partial charge is 0.310 e. The van der Waals surface area contributed by atoms with Gasteiger partial charge in [0.25, 0.3) is 5.69 Å². The maximum atomic E-state index is 11.6. The number of carbonyl (C=O) groups is 1. The summed E-state index contributed by atoms with van der Waals surface area (Å²) in [6.45, 7) is 2.99. The molecule has 16 heavy (non-hydrogen) atoms. The monoisotopic (exact) mass is 222 g/mol. The van der Waals surface area contributed by atoms with E-state index >= 15 is 0 Å². The highest BCUT2D eigenvalue weighted by molar-refractivity contribution is 5.98. The van der Waals surface area contributed by atoms with Gasteiger partial charge >= 0.3 is 0 Å². The van der Waals surface area contributed by atoms with Crippen LogP contribution in [-0.4, -0.2) is 23.8 Å². The zero-order chi connectivity index (χ0) is 12.0. The summed E-state index contributed by atoms with van der Waals surface area (Å²) in [6.07, 6.45) is 0.947. The molecule has 0 aliphatic heterocycles. The van der Waals surface area contributed by atoms with Crippen LogP contribution in [0.2, 0.25) is 0 Å². The highest BCUT2D eigenvalue weighted by atomic mass is 16.6. The van der Waals surface area contributed by atoms with Crippen LogP contribution in [0.3, 0.4) is 0 Å². The van der Waals surface area contributed by atoms with Gasteiger partial charge in [0.2, 0.25) is 0 Å².